The molecule has 1 unspecified atom stereocenters. The molecule has 0 bridgehead atoms. The van der Waals surface area contributed by atoms with Gasteiger partial charge in [-0.15, -0.1) is 0 Å². The lowest BCUT2D eigenvalue weighted by atomic mass is 9.87. The lowest BCUT2D eigenvalue weighted by Gasteiger charge is -2.25. The normalized spacial score (nSPS) is 13.4. The van der Waals surface area contributed by atoms with Crippen LogP contribution in [0.5, 0.6) is 23.1 Å². The molecule has 0 saturated carbocycles. The average molecular weight is 500 g/mol. The van der Waals surface area contributed by atoms with E-state index in [4.69, 9.17) is 4.74 Å². The summed E-state index contributed by atoms with van der Waals surface area (Å²) >= 11 is 0. The molecular formula is C28H25N3O6. The minimum Gasteiger partial charge on any atom is -0.504 e. The molecule has 0 aliphatic carbocycles. The molecule has 1 aliphatic heterocycles. The van der Waals surface area contributed by atoms with Crippen LogP contribution < -0.4 is 15.6 Å². The van der Waals surface area contributed by atoms with Crippen molar-refractivity contribution in [2.75, 3.05) is 13.2 Å². The Kier molecular flexibility index (Phi) is 6.51. The van der Waals surface area contributed by atoms with Gasteiger partial charge in [0.25, 0.3) is 5.56 Å². The number of nitrogens with zero attached hydrogens (tertiary/aromatic N) is 2. The summed E-state index contributed by atoms with van der Waals surface area (Å²) in [6.45, 7) is 0.424. The molecule has 0 saturated heterocycles. The van der Waals surface area contributed by atoms with Crippen molar-refractivity contribution < 1.29 is 24.9 Å². The number of ether oxygens (including phenoxy) is 1. The number of aromatic hydroxyl groups is 3. The Hall–Kier alpha value is -4.79. The van der Waals surface area contributed by atoms with E-state index in [1.807, 2.05) is 30.3 Å². The van der Waals surface area contributed by atoms with Gasteiger partial charge in [-0.05, 0) is 54.0 Å². The molecular weight excluding hydrogens is 474 g/mol. The summed E-state index contributed by atoms with van der Waals surface area (Å²) in [5.41, 5.74) is 2.09. The van der Waals surface area contributed by atoms with Crippen molar-refractivity contribution in [1.29, 1.82) is 0 Å². The number of carbonyl (C=O) groups is 1. The number of amides is 1. The van der Waals surface area contributed by atoms with E-state index in [-0.39, 0.29) is 42.5 Å². The molecule has 37 heavy (non-hydrogen) atoms. The highest BCUT2D eigenvalue weighted by Gasteiger charge is 2.30. The highest BCUT2D eigenvalue weighted by atomic mass is 16.5. The van der Waals surface area contributed by atoms with Gasteiger partial charge in [0.2, 0.25) is 11.8 Å². The van der Waals surface area contributed by atoms with Crippen LogP contribution in [-0.4, -0.2) is 43.8 Å². The van der Waals surface area contributed by atoms with Crippen molar-refractivity contribution >= 4 is 17.6 Å². The third kappa shape index (κ3) is 4.97. The Labute approximate surface area is 211 Å². The molecule has 188 valence electrons. The van der Waals surface area contributed by atoms with E-state index in [9.17, 15) is 24.9 Å². The second kappa shape index (κ2) is 10.1. The Morgan fingerprint density at radius 3 is 2.70 bits per heavy atom. The van der Waals surface area contributed by atoms with Crippen LogP contribution in [0, 0.1) is 0 Å². The molecule has 9 heteroatoms. The number of fused-ring (bicyclic) bond motifs is 2. The highest BCUT2D eigenvalue weighted by molar-refractivity contribution is 5.78. The maximum absolute atomic E-state index is 13.4. The van der Waals surface area contributed by atoms with Crippen molar-refractivity contribution in [3.8, 4) is 23.1 Å². The van der Waals surface area contributed by atoms with Crippen LogP contribution in [0.15, 0.2) is 77.2 Å². The summed E-state index contributed by atoms with van der Waals surface area (Å²) in [5, 5.41) is 32.8. The molecule has 1 amide bonds. The summed E-state index contributed by atoms with van der Waals surface area (Å²) in [6, 6.07) is 17.0. The van der Waals surface area contributed by atoms with E-state index >= 15 is 0 Å². The quantitative estimate of drug-likeness (QED) is 0.287. The van der Waals surface area contributed by atoms with Crippen LogP contribution in [-0.2, 0) is 11.2 Å². The van der Waals surface area contributed by atoms with E-state index in [2.05, 4.69) is 10.3 Å². The predicted molar refractivity (Wildman–Crippen MR) is 137 cm³/mol. The van der Waals surface area contributed by atoms with Gasteiger partial charge in [0, 0.05) is 30.6 Å². The Morgan fingerprint density at radius 2 is 1.86 bits per heavy atom. The van der Waals surface area contributed by atoms with Crippen LogP contribution >= 0.6 is 0 Å². The number of phenolic OH excluding ortho intramolecular Hbond substituents is 2. The fraction of sp³-hybridized carbons (Fsp3) is 0.179. The number of aromatic nitrogens is 2. The predicted octanol–water partition coefficient (Wildman–Crippen LogP) is 3.12. The van der Waals surface area contributed by atoms with Crippen molar-refractivity contribution in [2.24, 2.45) is 0 Å². The third-order valence-corrected chi connectivity index (χ3v) is 6.36. The van der Waals surface area contributed by atoms with Crippen molar-refractivity contribution in [2.45, 2.75) is 18.8 Å². The van der Waals surface area contributed by atoms with E-state index in [0.29, 0.717) is 23.4 Å². The minimum absolute atomic E-state index is 0.0246. The van der Waals surface area contributed by atoms with Gasteiger partial charge in [0.05, 0.1) is 5.56 Å². The lowest BCUT2D eigenvalue weighted by Crippen LogP contribution is -2.31. The van der Waals surface area contributed by atoms with E-state index in [1.54, 1.807) is 30.5 Å². The monoisotopic (exact) mass is 499 g/mol. The Bertz CT molecular complexity index is 1580. The first-order chi connectivity index (χ1) is 17.9. The first-order valence-electron chi connectivity index (χ1n) is 11.8. The van der Waals surface area contributed by atoms with Crippen LogP contribution in [0.1, 0.15) is 29.0 Å². The van der Waals surface area contributed by atoms with Crippen LogP contribution in [0.3, 0.4) is 0 Å². The number of pyridine rings is 1. The van der Waals surface area contributed by atoms with Crippen molar-refractivity contribution in [1.82, 2.24) is 14.7 Å². The molecule has 9 nitrogen and oxygen atoms in total. The van der Waals surface area contributed by atoms with Crippen LogP contribution in [0.2, 0.25) is 0 Å². The highest BCUT2D eigenvalue weighted by Crippen LogP contribution is 2.36. The zero-order chi connectivity index (χ0) is 25.9. The third-order valence-electron chi connectivity index (χ3n) is 6.36. The van der Waals surface area contributed by atoms with Gasteiger partial charge in [0.1, 0.15) is 18.0 Å². The number of hydrogen-bond donors (Lipinski definition) is 4. The molecule has 1 aliphatic rings. The number of hydrogen-bond acceptors (Lipinski definition) is 7. The topological polar surface area (TPSA) is 133 Å². The van der Waals surface area contributed by atoms with Gasteiger partial charge in [-0.25, -0.2) is 0 Å². The number of rotatable bonds is 7. The zero-order valence-electron chi connectivity index (χ0n) is 19.8. The van der Waals surface area contributed by atoms with Crippen molar-refractivity contribution in [3.63, 3.8) is 0 Å². The fourth-order valence-corrected chi connectivity index (χ4v) is 4.48. The molecule has 5 rings (SSSR count). The minimum atomic E-state index is -0.775. The van der Waals surface area contributed by atoms with Gasteiger partial charge in [0.15, 0.2) is 11.5 Å². The second-order valence-electron chi connectivity index (χ2n) is 8.81. The molecule has 0 fully saturated rings. The van der Waals surface area contributed by atoms with Crippen molar-refractivity contribution in [3.05, 3.63) is 99.5 Å². The molecule has 2 aromatic carbocycles. The summed E-state index contributed by atoms with van der Waals surface area (Å²) in [4.78, 5) is 30.7. The van der Waals surface area contributed by atoms with Gasteiger partial charge >= 0.3 is 0 Å². The number of benzene rings is 2. The van der Waals surface area contributed by atoms with Gasteiger partial charge < -0.3 is 25.4 Å². The SMILES string of the molecule is O=C(CC(C1=Cc2ccccc2OC1)c1c(O)nc2ccccn2c1=O)NCCc1ccc(O)c(O)c1. The summed E-state index contributed by atoms with van der Waals surface area (Å²) in [7, 11) is 0. The van der Waals surface area contributed by atoms with Gasteiger partial charge in [-0.1, -0.05) is 30.3 Å². The number of phenols is 2. The first kappa shape index (κ1) is 23.9. The van der Waals surface area contributed by atoms with Crippen LogP contribution in [0.4, 0.5) is 0 Å². The summed E-state index contributed by atoms with van der Waals surface area (Å²) in [5.74, 6) is -1.27. The zero-order valence-corrected chi connectivity index (χ0v) is 19.8. The lowest BCUT2D eigenvalue weighted by molar-refractivity contribution is -0.121. The summed E-state index contributed by atoms with van der Waals surface area (Å²) < 4.78 is 7.23. The molecule has 0 spiro atoms. The Morgan fingerprint density at radius 1 is 1.05 bits per heavy atom. The second-order valence-corrected chi connectivity index (χ2v) is 8.81. The molecule has 3 heterocycles. The van der Waals surface area contributed by atoms with E-state index < -0.39 is 17.4 Å². The van der Waals surface area contributed by atoms with E-state index in [0.717, 1.165) is 11.1 Å². The van der Waals surface area contributed by atoms with Gasteiger partial charge in [-0.3, -0.25) is 14.0 Å². The molecule has 4 aromatic rings. The van der Waals surface area contributed by atoms with Gasteiger partial charge in [-0.2, -0.15) is 4.98 Å². The standard InChI is InChI=1S/C28H25N3O6/c32-21-9-8-17(13-22(21)33)10-11-29-25(34)15-20(19-14-18-5-1-2-6-23(18)37-16-19)26-27(35)30-24-7-3-4-12-31(24)28(26)36/h1-9,12-14,20,32-33,35H,10-11,15-16H2,(H,29,34). The number of nitrogens with one attached hydrogen (secondary N) is 1. The Balaban J connectivity index is 1.44. The molecule has 4 N–H and O–H groups in total. The maximum Gasteiger partial charge on any atom is 0.265 e. The number of para-hydroxylation sites is 1. The molecule has 1 atom stereocenters. The average Bonchev–Trinajstić information content (AvgIpc) is 2.90. The molecule has 0 radical (unpaired) electrons. The van der Waals surface area contributed by atoms with Crippen LogP contribution in [0.25, 0.3) is 11.7 Å². The molecule has 2 aromatic heterocycles. The number of carbonyl (C=O) groups excluding carboxylic acids is 1. The van der Waals surface area contributed by atoms with E-state index in [1.165, 1.54) is 16.5 Å². The maximum atomic E-state index is 13.4. The fourth-order valence-electron chi connectivity index (χ4n) is 4.48. The summed E-state index contributed by atoms with van der Waals surface area (Å²) in [6.07, 6.45) is 3.77. The largest absolute Gasteiger partial charge is 0.504 e. The first-order valence-corrected chi connectivity index (χ1v) is 11.8. The smallest absolute Gasteiger partial charge is 0.265 e.